The van der Waals surface area contributed by atoms with Gasteiger partial charge in [-0.15, -0.1) is 10.2 Å². The van der Waals surface area contributed by atoms with Gasteiger partial charge in [-0.1, -0.05) is 29.5 Å². The van der Waals surface area contributed by atoms with Crippen molar-refractivity contribution in [2.75, 3.05) is 5.73 Å². The van der Waals surface area contributed by atoms with E-state index in [1.165, 1.54) is 4.52 Å². The Labute approximate surface area is 183 Å². The average Bonchev–Trinajstić information content (AvgIpc) is 3.47. The molecule has 0 radical (unpaired) electrons. The van der Waals surface area contributed by atoms with Gasteiger partial charge in [0.2, 0.25) is 5.95 Å². The first-order chi connectivity index (χ1) is 15.7. The summed E-state index contributed by atoms with van der Waals surface area (Å²) in [6.45, 7) is 9.96. The van der Waals surface area contributed by atoms with Crippen LogP contribution in [0.3, 0.4) is 0 Å². The van der Waals surface area contributed by atoms with E-state index in [0.717, 1.165) is 17.0 Å². The van der Waals surface area contributed by atoms with Crippen molar-refractivity contribution < 1.29 is 0 Å². The lowest BCUT2D eigenvalue weighted by Crippen LogP contribution is -2.08. The van der Waals surface area contributed by atoms with Gasteiger partial charge in [-0.05, 0) is 30.7 Å². The van der Waals surface area contributed by atoms with Gasteiger partial charge in [-0.2, -0.15) is 4.52 Å². The minimum absolute atomic E-state index is 0.197. The third kappa shape index (κ3) is 3.31. The molecule has 0 aliphatic heterocycles. The molecular formula is C22H18N10. The lowest BCUT2D eigenvalue weighted by atomic mass is 10.0. The third-order valence-corrected chi connectivity index (χ3v) is 5.04. The van der Waals surface area contributed by atoms with Crippen LogP contribution >= 0.6 is 0 Å². The number of hydrogen-bond donors (Lipinski definition) is 1. The van der Waals surface area contributed by atoms with E-state index in [9.17, 15) is 0 Å². The van der Waals surface area contributed by atoms with Gasteiger partial charge >= 0.3 is 0 Å². The normalized spacial score (nSPS) is 11.0. The summed E-state index contributed by atoms with van der Waals surface area (Å²) in [7, 11) is 0. The van der Waals surface area contributed by atoms with Gasteiger partial charge in [0.05, 0.1) is 36.1 Å². The van der Waals surface area contributed by atoms with Gasteiger partial charge in [0, 0.05) is 18.4 Å². The minimum atomic E-state index is 0.197. The zero-order valence-electron chi connectivity index (χ0n) is 17.2. The number of nitrogen functional groups attached to an aromatic ring is 1. The number of nitrogens with zero attached hydrogens (tertiary/aromatic N) is 9. The van der Waals surface area contributed by atoms with Gasteiger partial charge in [0.1, 0.15) is 0 Å². The van der Waals surface area contributed by atoms with Crippen LogP contribution in [-0.4, -0.2) is 39.6 Å². The molecule has 0 bridgehead atoms. The molecule has 4 aromatic heterocycles. The van der Waals surface area contributed by atoms with Crippen molar-refractivity contribution in [2.24, 2.45) is 0 Å². The highest BCUT2D eigenvalue weighted by Gasteiger charge is 2.23. The minimum Gasteiger partial charge on any atom is -0.368 e. The average molecular weight is 422 g/mol. The zero-order valence-corrected chi connectivity index (χ0v) is 17.2. The number of pyridine rings is 1. The molecule has 2 N–H and O–H groups in total. The Morgan fingerprint density at radius 1 is 1.12 bits per heavy atom. The van der Waals surface area contributed by atoms with Crippen LogP contribution in [-0.2, 0) is 13.0 Å². The number of aryl methyl sites for hydroxylation is 1. The van der Waals surface area contributed by atoms with Crippen molar-refractivity contribution in [2.45, 2.75) is 19.9 Å². The first-order valence-electron chi connectivity index (χ1n) is 9.99. The Hall–Kier alpha value is -4.65. The fraction of sp³-hybridized carbons (Fsp3) is 0.136. The SMILES string of the molecule is [C-]#[N+]c1cccc(-c2nc(N)n3nc(Cc4ccccn4)nc3c2-c2cnnn2CC)c1. The molecule has 0 unspecified atom stereocenters. The maximum absolute atomic E-state index is 7.37. The van der Waals surface area contributed by atoms with Crippen LogP contribution < -0.4 is 5.73 Å². The molecule has 4 heterocycles. The fourth-order valence-corrected chi connectivity index (χ4v) is 3.59. The van der Waals surface area contributed by atoms with E-state index in [2.05, 4.69) is 30.2 Å². The monoisotopic (exact) mass is 422 g/mol. The maximum Gasteiger partial charge on any atom is 0.223 e. The molecule has 0 spiro atoms. The third-order valence-electron chi connectivity index (χ3n) is 5.04. The number of fused-ring (bicyclic) bond motifs is 1. The lowest BCUT2D eigenvalue weighted by Gasteiger charge is -2.12. The van der Waals surface area contributed by atoms with E-state index in [1.807, 2.05) is 37.3 Å². The van der Waals surface area contributed by atoms with Crippen LogP contribution in [0.15, 0.2) is 54.9 Å². The molecule has 0 aliphatic rings. The second kappa shape index (κ2) is 7.88. The molecular weight excluding hydrogens is 404 g/mol. The van der Waals surface area contributed by atoms with Crippen molar-refractivity contribution in [1.29, 1.82) is 0 Å². The number of nitrogens with two attached hydrogens (primary N) is 1. The van der Waals surface area contributed by atoms with Crippen molar-refractivity contribution in [3.05, 3.63) is 77.8 Å². The molecule has 10 heteroatoms. The Morgan fingerprint density at radius 3 is 2.81 bits per heavy atom. The highest BCUT2D eigenvalue weighted by molar-refractivity contribution is 5.89. The molecule has 32 heavy (non-hydrogen) atoms. The van der Waals surface area contributed by atoms with Crippen LogP contribution in [0.2, 0.25) is 0 Å². The molecule has 0 aliphatic carbocycles. The standard InChI is InChI=1S/C22H18N10/c1-3-31-17(13-26-30-31)19-20(14-7-6-9-15(11-14)24-2)28-22(23)32-21(19)27-18(29-32)12-16-8-4-5-10-25-16/h4-11,13H,3,12H2,1H3,(H2,23,28). The predicted molar refractivity (Wildman–Crippen MR) is 119 cm³/mol. The van der Waals surface area contributed by atoms with Crippen molar-refractivity contribution in [3.8, 4) is 22.5 Å². The summed E-state index contributed by atoms with van der Waals surface area (Å²) in [5, 5.41) is 12.8. The number of rotatable bonds is 5. The fourth-order valence-electron chi connectivity index (χ4n) is 3.59. The van der Waals surface area contributed by atoms with Gasteiger partial charge in [0.25, 0.3) is 0 Å². The summed E-state index contributed by atoms with van der Waals surface area (Å²) >= 11 is 0. The van der Waals surface area contributed by atoms with Crippen LogP contribution in [0.4, 0.5) is 11.6 Å². The number of hydrogen-bond acceptors (Lipinski definition) is 7. The zero-order chi connectivity index (χ0) is 22.1. The second-order valence-electron chi connectivity index (χ2n) is 7.05. The summed E-state index contributed by atoms with van der Waals surface area (Å²) in [5.74, 6) is 0.767. The summed E-state index contributed by atoms with van der Waals surface area (Å²) in [5.41, 5.74) is 11.0. The number of benzene rings is 1. The Balaban J connectivity index is 1.78. The van der Waals surface area contributed by atoms with Gasteiger partial charge in [-0.25, -0.2) is 19.5 Å². The Morgan fingerprint density at radius 2 is 2.03 bits per heavy atom. The van der Waals surface area contributed by atoms with E-state index in [-0.39, 0.29) is 5.95 Å². The highest BCUT2D eigenvalue weighted by atomic mass is 15.4. The largest absolute Gasteiger partial charge is 0.368 e. The van der Waals surface area contributed by atoms with Crippen LogP contribution in [0.1, 0.15) is 18.4 Å². The van der Waals surface area contributed by atoms with E-state index in [0.29, 0.717) is 41.4 Å². The highest BCUT2D eigenvalue weighted by Crippen LogP contribution is 2.35. The van der Waals surface area contributed by atoms with E-state index >= 15 is 0 Å². The summed E-state index contributed by atoms with van der Waals surface area (Å²) < 4.78 is 3.30. The smallest absolute Gasteiger partial charge is 0.223 e. The van der Waals surface area contributed by atoms with Crippen LogP contribution in [0.25, 0.3) is 33.0 Å². The summed E-state index contributed by atoms with van der Waals surface area (Å²) in [6.07, 6.45) is 3.86. The van der Waals surface area contributed by atoms with E-state index in [4.69, 9.17) is 17.3 Å². The molecule has 10 nitrogen and oxygen atoms in total. The molecule has 0 fully saturated rings. The molecule has 0 amide bonds. The summed E-state index contributed by atoms with van der Waals surface area (Å²) in [4.78, 5) is 17.3. The molecule has 5 aromatic rings. The molecule has 5 rings (SSSR count). The Bertz CT molecular complexity index is 1460. The first-order valence-corrected chi connectivity index (χ1v) is 9.99. The van der Waals surface area contributed by atoms with Crippen LogP contribution in [0.5, 0.6) is 0 Å². The first kappa shape index (κ1) is 19.3. The summed E-state index contributed by atoms with van der Waals surface area (Å²) in [6, 6.07) is 12.9. The second-order valence-corrected chi connectivity index (χ2v) is 7.05. The quantitative estimate of drug-likeness (QED) is 0.432. The van der Waals surface area contributed by atoms with E-state index < -0.39 is 0 Å². The molecule has 1 aromatic carbocycles. The molecule has 0 saturated carbocycles. The van der Waals surface area contributed by atoms with E-state index in [1.54, 1.807) is 29.2 Å². The molecule has 0 atom stereocenters. The number of aromatic nitrogens is 8. The van der Waals surface area contributed by atoms with Gasteiger partial charge in [-0.3, -0.25) is 4.98 Å². The van der Waals surface area contributed by atoms with Crippen molar-refractivity contribution in [1.82, 2.24) is 39.6 Å². The lowest BCUT2D eigenvalue weighted by molar-refractivity contribution is 0.632. The van der Waals surface area contributed by atoms with Gasteiger partial charge in [0.15, 0.2) is 17.2 Å². The molecule has 156 valence electrons. The topological polar surface area (TPSA) is 117 Å². The predicted octanol–water partition coefficient (Wildman–Crippen LogP) is 3.19. The molecule has 0 saturated heterocycles. The maximum atomic E-state index is 7.37. The number of anilines is 1. The van der Waals surface area contributed by atoms with Gasteiger partial charge < -0.3 is 5.73 Å². The van der Waals surface area contributed by atoms with Crippen LogP contribution in [0, 0.1) is 6.57 Å². The Kier molecular flexibility index (Phi) is 4.76. The van der Waals surface area contributed by atoms with Crippen molar-refractivity contribution >= 4 is 17.3 Å². The van der Waals surface area contributed by atoms with Crippen molar-refractivity contribution in [3.63, 3.8) is 0 Å².